The Morgan fingerprint density at radius 1 is 0.272 bits per heavy atom. The molecule has 0 aliphatic heterocycles. The molecule has 458 valence electrons. The van der Waals surface area contributed by atoms with Crippen molar-refractivity contribution in [1.29, 1.82) is 0 Å². The number of unbranched alkanes of at least 4 members (excludes halogenated alkanes) is 25. The normalized spacial score (nSPS) is 13.1. The summed E-state index contributed by atoms with van der Waals surface area (Å²) in [5, 5.41) is 0. The molecule has 1 unspecified atom stereocenters. The fraction of sp³-hybridized carbons (Fsp3) is 0.640. The van der Waals surface area contributed by atoms with E-state index in [9.17, 15) is 14.4 Å². The first-order chi connectivity index (χ1) is 40.0. The largest absolute Gasteiger partial charge is 0.462 e. The fourth-order valence-electron chi connectivity index (χ4n) is 8.97. The second kappa shape index (κ2) is 67.8. The number of ether oxygens (including phenoxy) is 3. The van der Waals surface area contributed by atoms with Crippen molar-refractivity contribution >= 4 is 17.9 Å². The third-order valence-corrected chi connectivity index (χ3v) is 13.9. The van der Waals surface area contributed by atoms with Crippen LogP contribution in [-0.4, -0.2) is 37.2 Å². The lowest BCUT2D eigenvalue weighted by Crippen LogP contribution is -2.30. The molecule has 0 radical (unpaired) electrons. The standard InChI is InChI=1S/C75H122O6/c1-4-7-10-13-16-19-22-25-28-30-32-34-36-37-39-40-42-44-47-50-53-56-59-62-65-68-74(77)80-71-72(70-79-73(76)67-64-61-58-55-52-49-46-27-24-21-18-15-12-9-6-3)81-75(78)69-66-63-60-57-54-51-48-45-43-41-38-35-33-31-29-26-23-20-17-14-11-8-5-2/h7,9-10,12,16,18-19,21,25,27-28,32,34,37,39,42,44,46,50,52-53,55,61,64,72H,4-6,8,11,13-15,17,20,22-24,26,29-31,33,35-36,38,40-41,43,45,47-49,51,54,56-60,62-63,65-71H2,1-3H3/b10-7-,12-9-,19-16-,21-18-,28-25-,34-32-,39-37-,44-42-,46-27-,53-50-,55-52-,64-61-. The summed E-state index contributed by atoms with van der Waals surface area (Å²) in [6, 6.07) is 0. The van der Waals surface area contributed by atoms with E-state index < -0.39 is 12.1 Å². The number of esters is 3. The Bertz CT molecular complexity index is 1760. The molecule has 0 aromatic rings. The van der Waals surface area contributed by atoms with Gasteiger partial charge in [0.1, 0.15) is 13.2 Å². The van der Waals surface area contributed by atoms with Crippen molar-refractivity contribution in [1.82, 2.24) is 0 Å². The van der Waals surface area contributed by atoms with Gasteiger partial charge < -0.3 is 14.2 Å². The van der Waals surface area contributed by atoms with Gasteiger partial charge in [-0.2, -0.15) is 0 Å². The summed E-state index contributed by atoms with van der Waals surface area (Å²) < 4.78 is 16.8. The van der Waals surface area contributed by atoms with Gasteiger partial charge in [0.25, 0.3) is 0 Å². The van der Waals surface area contributed by atoms with Crippen molar-refractivity contribution < 1.29 is 28.6 Å². The Labute approximate surface area is 499 Å². The lowest BCUT2D eigenvalue weighted by Gasteiger charge is -2.18. The van der Waals surface area contributed by atoms with Gasteiger partial charge in [-0.3, -0.25) is 14.4 Å². The van der Waals surface area contributed by atoms with Gasteiger partial charge in [-0.05, 0) is 103 Å². The third kappa shape index (κ3) is 66.0. The Morgan fingerprint density at radius 2 is 0.531 bits per heavy atom. The van der Waals surface area contributed by atoms with Crippen LogP contribution in [0, 0.1) is 0 Å². The van der Waals surface area contributed by atoms with Crippen molar-refractivity contribution in [3.05, 3.63) is 146 Å². The summed E-state index contributed by atoms with van der Waals surface area (Å²) >= 11 is 0. The highest BCUT2D eigenvalue weighted by Crippen LogP contribution is 2.17. The zero-order chi connectivity index (χ0) is 58.5. The van der Waals surface area contributed by atoms with Gasteiger partial charge in [-0.15, -0.1) is 0 Å². The smallest absolute Gasteiger partial charge is 0.309 e. The molecule has 0 amide bonds. The minimum Gasteiger partial charge on any atom is -0.462 e. The predicted octanol–water partition coefficient (Wildman–Crippen LogP) is 23.1. The van der Waals surface area contributed by atoms with E-state index in [0.29, 0.717) is 12.8 Å². The molecule has 0 aromatic heterocycles. The zero-order valence-electron chi connectivity index (χ0n) is 52.5. The highest BCUT2D eigenvalue weighted by molar-refractivity contribution is 5.72. The van der Waals surface area contributed by atoms with E-state index >= 15 is 0 Å². The van der Waals surface area contributed by atoms with Crippen molar-refractivity contribution in [3.63, 3.8) is 0 Å². The second-order valence-electron chi connectivity index (χ2n) is 21.6. The van der Waals surface area contributed by atoms with Crippen LogP contribution in [0.4, 0.5) is 0 Å². The first-order valence-electron chi connectivity index (χ1n) is 33.3. The number of allylic oxidation sites excluding steroid dienone is 23. The first-order valence-corrected chi connectivity index (χ1v) is 33.3. The number of hydrogen-bond acceptors (Lipinski definition) is 6. The second-order valence-corrected chi connectivity index (χ2v) is 21.6. The van der Waals surface area contributed by atoms with Crippen LogP contribution in [0.1, 0.15) is 290 Å². The van der Waals surface area contributed by atoms with Gasteiger partial charge in [0, 0.05) is 12.8 Å². The molecule has 0 rings (SSSR count). The van der Waals surface area contributed by atoms with E-state index in [1.165, 1.54) is 128 Å². The number of rotatable bonds is 59. The Balaban J connectivity index is 4.48. The maximum Gasteiger partial charge on any atom is 0.309 e. The SMILES string of the molecule is CC/C=C\C/C=C\C/C=C\C/C=C\C/C=C\C/C=C\C/C=C\CCCCCC(=O)OCC(COC(=O)C/C=C\C/C=C\C/C=C\C/C=C\C/C=C\CC)OC(=O)CCCCCCCCCCCCCCCCCCCCCCCCC. The molecule has 0 fully saturated rings. The van der Waals surface area contributed by atoms with Crippen LogP contribution in [0.2, 0.25) is 0 Å². The number of carbonyl (C=O) groups is 3. The van der Waals surface area contributed by atoms with E-state index in [-0.39, 0.29) is 31.6 Å². The summed E-state index contributed by atoms with van der Waals surface area (Å²) in [7, 11) is 0. The van der Waals surface area contributed by atoms with Crippen molar-refractivity contribution in [2.24, 2.45) is 0 Å². The molecule has 0 heterocycles. The average molecular weight is 1120 g/mol. The topological polar surface area (TPSA) is 78.9 Å². The lowest BCUT2D eigenvalue weighted by atomic mass is 10.0. The van der Waals surface area contributed by atoms with Gasteiger partial charge in [-0.25, -0.2) is 0 Å². The van der Waals surface area contributed by atoms with Gasteiger partial charge in [0.05, 0.1) is 6.42 Å². The quantitative estimate of drug-likeness (QED) is 0.0261. The Hall–Kier alpha value is -4.71. The highest BCUT2D eigenvalue weighted by Gasteiger charge is 2.19. The number of hydrogen-bond donors (Lipinski definition) is 0. The molecule has 0 saturated carbocycles. The fourth-order valence-corrected chi connectivity index (χ4v) is 8.97. The molecule has 81 heavy (non-hydrogen) atoms. The van der Waals surface area contributed by atoms with Gasteiger partial charge in [0.2, 0.25) is 0 Å². The maximum absolute atomic E-state index is 12.9. The highest BCUT2D eigenvalue weighted by atomic mass is 16.6. The minimum absolute atomic E-state index is 0.116. The summed E-state index contributed by atoms with van der Waals surface area (Å²) in [5.74, 6) is -1.09. The average Bonchev–Trinajstić information content (AvgIpc) is 3.47. The molecular weight excluding hydrogens is 997 g/mol. The third-order valence-electron chi connectivity index (χ3n) is 13.9. The molecule has 0 spiro atoms. The van der Waals surface area contributed by atoms with E-state index in [0.717, 1.165) is 122 Å². The summed E-state index contributed by atoms with van der Waals surface area (Å²) in [4.78, 5) is 38.3. The van der Waals surface area contributed by atoms with Crippen LogP contribution in [0.15, 0.2) is 146 Å². The van der Waals surface area contributed by atoms with E-state index in [1.54, 1.807) is 6.08 Å². The monoisotopic (exact) mass is 1120 g/mol. The molecular formula is C75H122O6. The maximum atomic E-state index is 12.9. The molecule has 0 saturated heterocycles. The van der Waals surface area contributed by atoms with Crippen LogP contribution >= 0.6 is 0 Å². The Kier molecular flexibility index (Phi) is 63.9. The molecule has 6 nitrogen and oxygen atoms in total. The number of carbonyl (C=O) groups excluding carboxylic acids is 3. The molecule has 6 heteroatoms. The lowest BCUT2D eigenvalue weighted by molar-refractivity contribution is -0.166. The first kappa shape index (κ1) is 76.3. The molecule has 0 N–H and O–H groups in total. The molecule has 0 aliphatic rings. The van der Waals surface area contributed by atoms with E-state index in [1.807, 2.05) is 6.08 Å². The van der Waals surface area contributed by atoms with Crippen molar-refractivity contribution in [2.75, 3.05) is 13.2 Å². The van der Waals surface area contributed by atoms with E-state index in [4.69, 9.17) is 14.2 Å². The van der Waals surface area contributed by atoms with Crippen molar-refractivity contribution in [3.8, 4) is 0 Å². The zero-order valence-corrected chi connectivity index (χ0v) is 52.5. The molecule has 0 bridgehead atoms. The summed E-state index contributed by atoms with van der Waals surface area (Å²) in [6.07, 6.45) is 97.5. The van der Waals surface area contributed by atoms with Crippen LogP contribution in [0.3, 0.4) is 0 Å². The van der Waals surface area contributed by atoms with Gasteiger partial charge >= 0.3 is 17.9 Å². The molecule has 0 aromatic carbocycles. The van der Waals surface area contributed by atoms with Crippen molar-refractivity contribution in [2.45, 2.75) is 297 Å². The predicted molar refractivity (Wildman–Crippen MR) is 352 cm³/mol. The van der Waals surface area contributed by atoms with Crippen LogP contribution in [-0.2, 0) is 28.6 Å². The minimum atomic E-state index is -0.838. The molecule has 0 aliphatic carbocycles. The van der Waals surface area contributed by atoms with Gasteiger partial charge in [-0.1, -0.05) is 314 Å². The summed E-state index contributed by atoms with van der Waals surface area (Å²) in [6.45, 7) is 6.32. The molecule has 1 atom stereocenters. The van der Waals surface area contributed by atoms with Crippen LogP contribution < -0.4 is 0 Å². The summed E-state index contributed by atoms with van der Waals surface area (Å²) in [5.41, 5.74) is 0. The van der Waals surface area contributed by atoms with E-state index in [2.05, 4.69) is 154 Å². The van der Waals surface area contributed by atoms with Gasteiger partial charge in [0.15, 0.2) is 6.10 Å². The van der Waals surface area contributed by atoms with Crippen LogP contribution in [0.25, 0.3) is 0 Å². The Morgan fingerprint density at radius 3 is 0.864 bits per heavy atom. The van der Waals surface area contributed by atoms with Crippen LogP contribution in [0.5, 0.6) is 0 Å².